The Bertz CT molecular complexity index is 428. The van der Waals surface area contributed by atoms with Gasteiger partial charge in [-0.05, 0) is 23.6 Å². The summed E-state index contributed by atoms with van der Waals surface area (Å²) >= 11 is 0. The molecule has 5 heteroatoms. The summed E-state index contributed by atoms with van der Waals surface area (Å²) in [5, 5.41) is 17.9. The minimum absolute atomic E-state index is 0.170. The van der Waals surface area contributed by atoms with Crippen molar-refractivity contribution in [2.75, 3.05) is 0 Å². The zero-order valence-electron chi connectivity index (χ0n) is 8.61. The molecule has 0 fully saturated rings. The first-order valence-electron chi connectivity index (χ1n) is 4.66. The van der Waals surface area contributed by atoms with Gasteiger partial charge in [0.2, 0.25) is 0 Å². The minimum Gasteiger partial charge on any atom is -0.504 e. The van der Waals surface area contributed by atoms with Gasteiger partial charge in [0, 0.05) is 6.42 Å². The van der Waals surface area contributed by atoms with Crippen molar-refractivity contribution in [3.8, 4) is 5.75 Å². The number of rotatable bonds is 4. The number of carboxylic acid groups (broad SMARTS) is 1. The highest BCUT2D eigenvalue weighted by Gasteiger charge is 2.17. The Kier molecular flexibility index (Phi) is 3.60. The van der Waals surface area contributed by atoms with Crippen LogP contribution in [-0.4, -0.2) is 22.5 Å². The zero-order valence-corrected chi connectivity index (χ0v) is 8.61. The van der Waals surface area contributed by atoms with Crippen LogP contribution in [0.5, 0.6) is 5.75 Å². The molecular weight excluding hydrogens is 215 g/mol. The van der Waals surface area contributed by atoms with E-state index in [1.807, 2.05) is 0 Å². The fourth-order valence-corrected chi connectivity index (χ4v) is 1.35. The molecule has 4 nitrogen and oxygen atoms in total. The SMILES string of the molecule is CC(CC=O)c1cc(F)c(O)c(C(=O)O)c1. The summed E-state index contributed by atoms with van der Waals surface area (Å²) < 4.78 is 13.2. The standard InChI is InChI=1S/C11H11FO4/c1-6(2-3-13)7-4-8(11(15)16)10(14)9(12)5-7/h3-6,14H,2H2,1H3,(H,15,16). The molecule has 0 saturated carbocycles. The summed E-state index contributed by atoms with van der Waals surface area (Å²) in [6.45, 7) is 1.67. The topological polar surface area (TPSA) is 74.6 Å². The first-order chi connectivity index (χ1) is 7.47. The lowest BCUT2D eigenvalue weighted by molar-refractivity contribution is -0.108. The van der Waals surface area contributed by atoms with Gasteiger partial charge in [-0.1, -0.05) is 6.92 Å². The van der Waals surface area contributed by atoms with Crippen molar-refractivity contribution < 1.29 is 24.2 Å². The number of aromatic hydroxyl groups is 1. The molecule has 0 heterocycles. The van der Waals surface area contributed by atoms with Crippen LogP contribution in [0.4, 0.5) is 4.39 Å². The lowest BCUT2D eigenvalue weighted by Crippen LogP contribution is -2.03. The predicted molar refractivity (Wildman–Crippen MR) is 54.1 cm³/mol. The maximum absolute atomic E-state index is 13.2. The number of benzene rings is 1. The third-order valence-electron chi connectivity index (χ3n) is 2.33. The van der Waals surface area contributed by atoms with Crippen LogP contribution in [0, 0.1) is 5.82 Å². The average Bonchev–Trinajstić information content (AvgIpc) is 2.21. The van der Waals surface area contributed by atoms with E-state index in [0.717, 1.165) is 6.07 Å². The molecule has 0 aliphatic heterocycles. The van der Waals surface area contributed by atoms with Crippen molar-refractivity contribution in [3.63, 3.8) is 0 Å². The summed E-state index contributed by atoms with van der Waals surface area (Å²) in [6, 6.07) is 2.21. The molecule has 1 aromatic carbocycles. The number of carbonyl (C=O) groups excluding carboxylic acids is 1. The van der Waals surface area contributed by atoms with Gasteiger partial charge < -0.3 is 15.0 Å². The Morgan fingerprint density at radius 1 is 1.56 bits per heavy atom. The zero-order chi connectivity index (χ0) is 12.3. The minimum atomic E-state index is -1.41. The molecular formula is C11H11FO4. The summed E-state index contributed by atoms with van der Waals surface area (Å²) in [5.74, 6) is -3.57. The second kappa shape index (κ2) is 4.74. The smallest absolute Gasteiger partial charge is 0.339 e. The largest absolute Gasteiger partial charge is 0.504 e. The molecule has 0 aliphatic carbocycles. The number of carbonyl (C=O) groups is 2. The molecule has 2 N–H and O–H groups in total. The molecule has 0 aromatic heterocycles. The summed E-state index contributed by atoms with van der Waals surface area (Å²) in [5.41, 5.74) is -0.118. The van der Waals surface area contributed by atoms with Gasteiger partial charge >= 0.3 is 5.97 Å². The Morgan fingerprint density at radius 2 is 2.19 bits per heavy atom. The van der Waals surface area contributed by atoms with Crippen molar-refractivity contribution in [2.24, 2.45) is 0 Å². The Balaban J connectivity index is 3.23. The molecule has 0 aliphatic rings. The van der Waals surface area contributed by atoms with Crippen LogP contribution in [0.2, 0.25) is 0 Å². The normalized spacial score (nSPS) is 12.1. The quantitative estimate of drug-likeness (QED) is 0.769. The van der Waals surface area contributed by atoms with E-state index < -0.39 is 23.1 Å². The predicted octanol–water partition coefficient (Wildman–Crippen LogP) is 1.92. The molecule has 1 atom stereocenters. The molecule has 0 amide bonds. The number of aromatic carboxylic acids is 1. The van der Waals surface area contributed by atoms with Gasteiger partial charge in [0.15, 0.2) is 11.6 Å². The first kappa shape index (κ1) is 12.2. The van der Waals surface area contributed by atoms with E-state index in [-0.39, 0.29) is 12.3 Å². The van der Waals surface area contributed by atoms with E-state index in [0.29, 0.717) is 11.8 Å². The van der Waals surface area contributed by atoms with Crippen molar-refractivity contribution in [2.45, 2.75) is 19.3 Å². The first-order valence-corrected chi connectivity index (χ1v) is 4.66. The van der Waals surface area contributed by atoms with E-state index in [9.17, 15) is 19.1 Å². The molecule has 0 saturated heterocycles. The number of hydrogen-bond donors (Lipinski definition) is 2. The number of halogens is 1. The number of aldehydes is 1. The third kappa shape index (κ3) is 2.36. The van der Waals surface area contributed by atoms with E-state index in [1.165, 1.54) is 6.07 Å². The molecule has 0 spiro atoms. The summed E-state index contributed by atoms with van der Waals surface area (Å²) in [6.07, 6.45) is 0.846. The monoisotopic (exact) mass is 226 g/mol. The molecule has 16 heavy (non-hydrogen) atoms. The average molecular weight is 226 g/mol. The highest BCUT2D eigenvalue weighted by atomic mass is 19.1. The molecule has 0 radical (unpaired) electrons. The van der Waals surface area contributed by atoms with Gasteiger partial charge in [-0.15, -0.1) is 0 Å². The Morgan fingerprint density at radius 3 is 2.69 bits per heavy atom. The Labute approximate surface area is 91.3 Å². The maximum atomic E-state index is 13.2. The molecule has 0 bridgehead atoms. The van der Waals surface area contributed by atoms with Crippen LogP contribution in [0.15, 0.2) is 12.1 Å². The highest BCUT2D eigenvalue weighted by Crippen LogP contribution is 2.28. The highest BCUT2D eigenvalue weighted by molar-refractivity contribution is 5.91. The van der Waals surface area contributed by atoms with Gasteiger partial charge in [-0.25, -0.2) is 9.18 Å². The van der Waals surface area contributed by atoms with Gasteiger partial charge in [0.25, 0.3) is 0 Å². The van der Waals surface area contributed by atoms with Crippen LogP contribution in [0.3, 0.4) is 0 Å². The van der Waals surface area contributed by atoms with Crippen LogP contribution in [0.1, 0.15) is 35.2 Å². The van der Waals surface area contributed by atoms with Gasteiger partial charge in [0.1, 0.15) is 11.8 Å². The van der Waals surface area contributed by atoms with E-state index in [2.05, 4.69) is 0 Å². The van der Waals surface area contributed by atoms with E-state index in [4.69, 9.17) is 5.11 Å². The maximum Gasteiger partial charge on any atom is 0.339 e. The fourth-order valence-electron chi connectivity index (χ4n) is 1.35. The molecule has 1 unspecified atom stereocenters. The van der Waals surface area contributed by atoms with Crippen LogP contribution in [-0.2, 0) is 4.79 Å². The van der Waals surface area contributed by atoms with E-state index in [1.54, 1.807) is 6.92 Å². The third-order valence-corrected chi connectivity index (χ3v) is 2.33. The lowest BCUT2D eigenvalue weighted by Gasteiger charge is -2.10. The molecule has 1 aromatic rings. The summed E-state index contributed by atoms with van der Waals surface area (Å²) in [4.78, 5) is 21.0. The Hall–Kier alpha value is -1.91. The number of phenols is 1. The van der Waals surface area contributed by atoms with Crippen molar-refractivity contribution in [1.29, 1.82) is 0 Å². The number of hydrogen-bond acceptors (Lipinski definition) is 3. The van der Waals surface area contributed by atoms with Gasteiger partial charge in [-0.3, -0.25) is 0 Å². The lowest BCUT2D eigenvalue weighted by atomic mass is 9.96. The molecule has 86 valence electrons. The van der Waals surface area contributed by atoms with Crippen molar-refractivity contribution in [3.05, 3.63) is 29.1 Å². The van der Waals surface area contributed by atoms with Gasteiger partial charge in [0.05, 0.1) is 0 Å². The van der Waals surface area contributed by atoms with Crippen molar-refractivity contribution in [1.82, 2.24) is 0 Å². The van der Waals surface area contributed by atoms with Gasteiger partial charge in [-0.2, -0.15) is 0 Å². The van der Waals surface area contributed by atoms with Crippen LogP contribution >= 0.6 is 0 Å². The fraction of sp³-hybridized carbons (Fsp3) is 0.273. The molecule has 1 rings (SSSR count). The second-order valence-corrected chi connectivity index (χ2v) is 3.51. The van der Waals surface area contributed by atoms with Crippen molar-refractivity contribution >= 4 is 12.3 Å². The number of carboxylic acids is 1. The van der Waals surface area contributed by atoms with E-state index >= 15 is 0 Å². The summed E-state index contributed by atoms with van der Waals surface area (Å²) in [7, 11) is 0. The van der Waals surface area contributed by atoms with Crippen LogP contribution in [0.25, 0.3) is 0 Å². The van der Waals surface area contributed by atoms with Crippen LogP contribution < -0.4 is 0 Å². The second-order valence-electron chi connectivity index (χ2n) is 3.51.